The van der Waals surface area contributed by atoms with Gasteiger partial charge in [-0.1, -0.05) is 0 Å². The van der Waals surface area contributed by atoms with Gasteiger partial charge in [-0.25, -0.2) is 18.5 Å². The van der Waals surface area contributed by atoms with Gasteiger partial charge < -0.3 is 0 Å². The third-order valence-corrected chi connectivity index (χ3v) is 4.94. The molecule has 18 heavy (non-hydrogen) atoms. The van der Waals surface area contributed by atoms with Crippen LogP contribution in [-0.4, -0.2) is 31.1 Å². The Kier molecular flexibility index (Phi) is 3.43. The number of hydrogen-bond acceptors (Lipinski definition) is 4. The van der Waals surface area contributed by atoms with Crippen LogP contribution < -0.4 is 10.0 Å². The fourth-order valence-corrected chi connectivity index (χ4v) is 2.74. The number of aryl methyl sites for hydroxylation is 1. The predicted octanol–water partition coefficient (Wildman–Crippen LogP) is 0.546. The van der Waals surface area contributed by atoms with Gasteiger partial charge in [-0.15, -0.1) is 0 Å². The van der Waals surface area contributed by atoms with E-state index < -0.39 is 15.3 Å². The molecule has 0 aliphatic carbocycles. The Morgan fingerprint density at radius 2 is 2.22 bits per heavy atom. The van der Waals surface area contributed by atoms with Crippen LogP contribution in [-0.2, 0) is 14.8 Å². The van der Waals surface area contributed by atoms with Crippen molar-refractivity contribution in [2.45, 2.75) is 18.6 Å². The molecule has 1 aromatic rings. The van der Waals surface area contributed by atoms with Gasteiger partial charge in [0.2, 0.25) is 15.9 Å². The number of carbonyl (C=O) groups is 1. The van der Waals surface area contributed by atoms with E-state index in [1.807, 2.05) is 6.92 Å². The Balaban J connectivity index is 2.30. The number of sulfonamides is 1. The lowest BCUT2D eigenvalue weighted by Gasteiger charge is -2.15. The number of rotatable bonds is 2. The smallest absolute Gasteiger partial charge is 0.229 e. The summed E-state index contributed by atoms with van der Waals surface area (Å²) < 4.78 is 23.3. The molecule has 0 aromatic carbocycles. The summed E-state index contributed by atoms with van der Waals surface area (Å²) in [5, 5.41) is 4.21. The molecule has 1 amide bonds. The van der Waals surface area contributed by atoms with E-state index in [4.69, 9.17) is 5.14 Å². The largest absolute Gasteiger partial charge is 0.295 e. The molecule has 2 N–H and O–H groups in total. The van der Waals surface area contributed by atoms with E-state index in [-0.39, 0.29) is 18.9 Å². The van der Waals surface area contributed by atoms with Crippen LogP contribution in [0.5, 0.6) is 0 Å². The molecule has 8 heteroatoms. The van der Waals surface area contributed by atoms with Crippen LogP contribution in [0.2, 0.25) is 0 Å². The van der Waals surface area contributed by atoms with Crippen molar-refractivity contribution in [3.8, 4) is 0 Å². The van der Waals surface area contributed by atoms with Crippen LogP contribution in [0.4, 0.5) is 5.82 Å². The summed E-state index contributed by atoms with van der Waals surface area (Å²) in [6, 6.07) is 1.73. The van der Waals surface area contributed by atoms with Crippen molar-refractivity contribution in [3.05, 3.63) is 22.3 Å². The molecule has 1 aromatic heterocycles. The number of aromatic nitrogens is 1. The van der Waals surface area contributed by atoms with Crippen molar-refractivity contribution in [2.75, 3.05) is 11.4 Å². The van der Waals surface area contributed by atoms with Gasteiger partial charge in [0.25, 0.3) is 0 Å². The molecule has 1 unspecified atom stereocenters. The Morgan fingerprint density at radius 1 is 1.56 bits per heavy atom. The van der Waals surface area contributed by atoms with E-state index in [2.05, 4.69) is 20.9 Å². The predicted molar refractivity (Wildman–Crippen MR) is 70.5 cm³/mol. The number of nitrogens with two attached hydrogens (primary N) is 1. The second-order valence-corrected chi connectivity index (χ2v) is 6.91. The summed E-state index contributed by atoms with van der Waals surface area (Å²) in [7, 11) is -3.69. The Bertz CT molecular complexity index is 602. The number of anilines is 1. The van der Waals surface area contributed by atoms with Crippen molar-refractivity contribution in [3.63, 3.8) is 0 Å². The lowest BCUT2D eigenvalue weighted by molar-refractivity contribution is -0.117. The molecule has 6 nitrogen and oxygen atoms in total. The van der Waals surface area contributed by atoms with E-state index in [0.717, 1.165) is 10.0 Å². The number of carbonyl (C=O) groups excluding carboxylic acids is 1. The standard InChI is InChI=1S/C10H12BrN3O3S/c1-6-2-9(13-4-8(6)11)14-5-7(3-10(14)15)18(12,16)17/h2,4,7H,3,5H2,1H3,(H2,12,16,17). The molecule has 0 radical (unpaired) electrons. The number of hydrogen-bond donors (Lipinski definition) is 1. The van der Waals surface area contributed by atoms with E-state index in [1.165, 1.54) is 4.90 Å². The maximum atomic E-state index is 11.8. The Morgan fingerprint density at radius 3 is 2.72 bits per heavy atom. The molecule has 1 saturated heterocycles. The monoisotopic (exact) mass is 333 g/mol. The second kappa shape index (κ2) is 4.60. The molecule has 1 aliphatic heterocycles. The molecule has 98 valence electrons. The fraction of sp³-hybridized carbons (Fsp3) is 0.400. The zero-order valence-corrected chi connectivity index (χ0v) is 12.0. The van der Waals surface area contributed by atoms with Gasteiger partial charge in [-0.2, -0.15) is 0 Å². The van der Waals surface area contributed by atoms with Crippen LogP contribution in [0.15, 0.2) is 16.7 Å². The molecule has 0 spiro atoms. The van der Waals surface area contributed by atoms with Crippen molar-refractivity contribution < 1.29 is 13.2 Å². The Hall–Kier alpha value is -0.990. The van der Waals surface area contributed by atoms with Gasteiger partial charge in [0.05, 0.1) is 0 Å². The van der Waals surface area contributed by atoms with Crippen LogP contribution in [0.1, 0.15) is 12.0 Å². The molecular formula is C10H12BrN3O3S. The van der Waals surface area contributed by atoms with Gasteiger partial charge in [0, 0.05) is 23.6 Å². The minimum atomic E-state index is -3.69. The van der Waals surface area contributed by atoms with Crippen LogP contribution in [0, 0.1) is 6.92 Å². The van der Waals surface area contributed by atoms with Crippen molar-refractivity contribution in [1.29, 1.82) is 0 Å². The first kappa shape index (κ1) is 13.4. The second-order valence-electron chi connectivity index (χ2n) is 4.21. The summed E-state index contributed by atoms with van der Waals surface area (Å²) in [4.78, 5) is 17.2. The molecule has 1 atom stereocenters. The average molecular weight is 334 g/mol. The molecule has 2 rings (SSSR count). The molecule has 0 saturated carbocycles. The maximum absolute atomic E-state index is 11.8. The summed E-state index contributed by atoms with van der Waals surface area (Å²) in [5.41, 5.74) is 0.923. The average Bonchev–Trinajstić information content (AvgIpc) is 2.64. The zero-order chi connectivity index (χ0) is 13.5. The van der Waals surface area contributed by atoms with Gasteiger partial charge in [0.1, 0.15) is 11.1 Å². The first-order chi connectivity index (χ1) is 8.29. The minimum absolute atomic E-state index is 0.0612. The highest BCUT2D eigenvalue weighted by Gasteiger charge is 2.37. The van der Waals surface area contributed by atoms with Crippen molar-refractivity contribution in [1.82, 2.24) is 4.98 Å². The third-order valence-electron chi connectivity index (χ3n) is 2.86. The van der Waals surface area contributed by atoms with E-state index in [1.54, 1.807) is 12.3 Å². The fourth-order valence-electron chi connectivity index (χ4n) is 1.79. The van der Waals surface area contributed by atoms with Crippen LogP contribution in [0.3, 0.4) is 0 Å². The highest BCUT2D eigenvalue weighted by Crippen LogP contribution is 2.25. The highest BCUT2D eigenvalue weighted by atomic mass is 79.9. The van der Waals surface area contributed by atoms with Gasteiger partial charge in [0.15, 0.2) is 0 Å². The highest BCUT2D eigenvalue weighted by molar-refractivity contribution is 9.10. The molecular weight excluding hydrogens is 322 g/mol. The number of nitrogens with zero attached hydrogens (tertiary/aromatic N) is 2. The minimum Gasteiger partial charge on any atom is -0.295 e. The quantitative estimate of drug-likeness (QED) is 0.854. The summed E-state index contributed by atoms with van der Waals surface area (Å²) in [6.45, 7) is 1.93. The number of halogens is 1. The molecule has 1 fully saturated rings. The number of amides is 1. The topological polar surface area (TPSA) is 93.4 Å². The molecule has 2 heterocycles. The summed E-state index contributed by atoms with van der Waals surface area (Å²) in [6.07, 6.45) is 1.50. The van der Waals surface area contributed by atoms with E-state index >= 15 is 0 Å². The lowest BCUT2D eigenvalue weighted by atomic mass is 10.3. The first-order valence-electron chi connectivity index (χ1n) is 5.23. The lowest BCUT2D eigenvalue weighted by Crippen LogP contribution is -2.32. The van der Waals surface area contributed by atoms with Gasteiger partial charge >= 0.3 is 0 Å². The van der Waals surface area contributed by atoms with Crippen LogP contribution >= 0.6 is 15.9 Å². The normalized spacial score (nSPS) is 20.5. The maximum Gasteiger partial charge on any atom is 0.229 e. The first-order valence-corrected chi connectivity index (χ1v) is 7.63. The van der Waals surface area contributed by atoms with Crippen LogP contribution in [0.25, 0.3) is 0 Å². The van der Waals surface area contributed by atoms with E-state index in [0.29, 0.717) is 5.82 Å². The Labute approximate surface area is 113 Å². The third kappa shape index (κ3) is 2.55. The van der Waals surface area contributed by atoms with Gasteiger partial charge in [-0.05, 0) is 34.5 Å². The van der Waals surface area contributed by atoms with Crippen molar-refractivity contribution in [2.24, 2.45) is 5.14 Å². The molecule has 1 aliphatic rings. The van der Waals surface area contributed by atoms with Crippen molar-refractivity contribution >= 4 is 37.7 Å². The summed E-state index contributed by atoms with van der Waals surface area (Å²) in [5.74, 6) is 0.176. The van der Waals surface area contributed by atoms with Gasteiger partial charge in [-0.3, -0.25) is 9.69 Å². The number of pyridine rings is 1. The zero-order valence-electron chi connectivity index (χ0n) is 9.63. The molecule has 0 bridgehead atoms. The SMILES string of the molecule is Cc1cc(N2CC(S(N)(=O)=O)CC2=O)ncc1Br. The van der Waals surface area contributed by atoms with E-state index in [9.17, 15) is 13.2 Å². The summed E-state index contributed by atoms with van der Waals surface area (Å²) >= 11 is 3.31. The number of primary sulfonamides is 1.